The van der Waals surface area contributed by atoms with E-state index in [1.807, 2.05) is 54.2 Å². The van der Waals surface area contributed by atoms with E-state index in [1.165, 1.54) is 18.4 Å². The first-order valence-corrected chi connectivity index (χ1v) is 15.1. The maximum atomic E-state index is 14.1. The highest BCUT2D eigenvalue weighted by Gasteiger charge is 2.47. The number of nitrogens with zero attached hydrogens (tertiary/aromatic N) is 3. The van der Waals surface area contributed by atoms with Crippen LogP contribution >= 0.6 is 0 Å². The number of likely N-dealkylation sites (tertiary alicyclic amines) is 2. The molecule has 0 bridgehead atoms. The number of hydrogen-bond acceptors (Lipinski definition) is 3. The number of benzene rings is 2. The van der Waals surface area contributed by atoms with Crippen LogP contribution in [0, 0.1) is 11.3 Å². The zero-order valence-corrected chi connectivity index (χ0v) is 23.7. The lowest BCUT2D eigenvalue weighted by Crippen LogP contribution is -2.56. The molecule has 210 valence electrons. The van der Waals surface area contributed by atoms with Gasteiger partial charge in [0.15, 0.2) is 0 Å². The van der Waals surface area contributed by atoms with Gasteiger partial charge in [-0.3, -0.25) is 4.79 Å². The van der Waals surface area contributed by atoms with Crippen molar-refractivity contribution >= 4 is 6.03 Å². The number of urea groups is 1. The summed E-state index contributed by atoms with van der Waals surface area (Å²) in [5.41, 5.74) is 3.41. The maximum absolute atomic E-state index is 14.1. The first-order chi connectivity index (χ1) is 19.6. The minimum absolute atomic E-state index is 0.0612. The quantitative estimate of drug-likeness (QED) is 0.437. The largest absolute Gasteiger partial charge is 0.324 e. The van der Waals surface area contributed by atoms with Gasteiger partial charge < -0.3 is 19.7 Å². The third kappa shape index (κ3) is 5.34. The van der Waals surface area contributed by atoms with Gasteiger partial charge in [-0.05, 0) is 73.2 Å². The molecule has 40 heavy (non-hydrogen) atoms. The Morgan fingerprint density at radius 1 is 0.925 bits per heavy atom. The summed E-state index contributed by atoms with van der Waals surface area (Å²) >= 11 is 0. The Morgan fingerprint density at radius 2 is 1.65 bits per heavy atom. The topological polar surface area (TPSA) is 57.6 Å². The van der Waals surface area contributed by atoms with Gasteiger partial charge in [0.05, 0.1) is 6.04 Å². The van der Waals surface area contributed by atoms with Gasteiger partial charge >= 0.3 is 6.03 Å². The zero-order valence-electron chi connectivity index (χ0n) is 23.7. The molecule has 2 amide bonds. The number of hydrogen-bond donors (Lipinski definition) is 1. The minimum atomic E-state index is 0.0612. The van der Waals surface area contributed by atoms with Crippen molar-refractivity contribution in [1.82, 2.24) is 19.7 Å². The molecule has 3 atom stereocenters. The Kier molecular flexibility index (Phi) is 7.79. The average molecular weight is 539 g/mol. The number of amides is 2. The molecule has 3 heterocycles. The van der Waals surface area contributed by atoms with Gasteiger partial charge in [0, 0.05) is 44.5 Å². The van der Waals surface area contributed by atoms with Gasteiger partial charge in [-0.2, -0.15) is 0 Å². The number of piperidine rings is 2. The second-order valence-electron chi connectivity index (χ2n) is 12.2. The Morgan fingerprint density at radius 3 is 2.35 bits per heavy atom. The SMILES string of the molecule is CN[C@@H]1CCN(C(=O)N2CCC(Cn3ccc(-c4ccccc4)cc3=O)C3(CCCC3)C2)[C@H](c2ccccc2)C1. The summed E-state index contributed by atoms with van der Waals surface area (Å²) in [5, 5.41) is 3.45. The summed E-state index contributed by atoms with van der Waals surface area (Å²) in [7, 11) is 2.03. The van der Waals surface area contributed by atoms with Crippen molar-refractivity contribution in [2.75, 3.05) is 26.7 Å². The third-order valence-corrected chi connectivity index (χ3v) is 9.95. The Bertz CT molecular complexity index is 1350. The zero-order chi connectivity index (χ0) is 27.5. The summed E-state index contributed by atoms with van der Waals surface area (Å²) < 4.78 is 1.91. The van der Waals surface area contributed by atoms with Crippen LogP contribution in [-0.4, -0.2) is 53.1 Å². The van der Waals surface area contributed by atoms with E-state index in [0.717, 1.165) is 69.4 Å². The van der Waals surface area contributed by atoms with Gasteiger partial charge in [-0.1, -0.05) is 73.5 Å². The predicted octanol–water partition coefficient (Wildman–Crippen LogP) is 5.94. The maximum Gasteiger partial charge on any atom is 0.320 e. The normalized spacial score (nSPS) is 24.4. The minimum Gasteiger partial charge on any atom is -0.324 e. The molecular weight excluding hydrogens is 496 g/mol. The number of carbonyl (C=O) groups is 1. The third-order valence-electron chi connectivity index (χ3n) is 9.95. The van der Waals surface area contributed by atoms with Gasteiger partial charge in [0.2, 0.25) is 0 Å². The molecule has 3 aromatic rings. The first-order valence-electron chi connectivity index (χ1n) is 15.1. The molecular formula is C34H42N4O2. The molecule has 1 saturated carbocycles. The van der Waals surface area contributed by atoms with Crippen LogP contribution in [0.4, 0.5) is 4.79 Å². The Hall–Kier alpha value is -3.38. The van der Waals surface area contributed by atoms with E-state index in [2.05, 4.69) is 45.4 Å². The summed E-state index contributed by atoms with van der Waals surface area (Å²) in [6, 6.07) is 25.2. The van der Waals surface area contributed by atoms with Crippen molar-refractivity contribution in [3.63, 3.8) is 0 Å². The van der Waals surface area contributed by atoms with Gasteiger partial charge in [-0.25, -0.2) is 4.79 Å². The molecule has 2 saturated heterocycles. The van der Waals surface area contributed by atoms with Crippen molar-refractivity contribution in [3.05, 3.63) is 94.9 Å². The molecule has 3 aliphatic rings. The molecule has 0 radical (unpaired) electrons. The van der Waals surface area contributed by atoms with Crippen LogP contribution in [0.1, 0.15) is 56.6 Å². The van der Waals surface area contributed by atoms with E-state index in [1.54, 1.807) is 6.07 Å². The van der Waals surface area contributed by atoms with Crippen molar-refractivity contribution in [3.8, 4) is 11.1 Å². The average Bonchev–Trinajstić information content (AvgIpc) is 3.48. The van der Waals surface area contributed by atoms with E-state index >= 15 is 0 Å². The highest BCUT2D eigenvalue weighted by atomic mass is 16.2. The van der Waals surface area contributed by atoms with E-state index in [0.29, 0.717) is 12.0 Å². The van der Waals surface area contributed by atoms with Crippen molar-refractivity contribution < 1.29 is 4.79 Å². The summed E-state index contributed by atoms with van der Waals surface area (Å²) in [4.78, 5) is 31.6. The fourth-order valence-electron chi connectivity index (χ4n) is 7.64. The lowest BCUT2D eigenvalue weighted by atomic mass is 9.69. The fraction of sp³-hybridized carbons (Fsp3) is 0.471. The van der Waals surface area contributed by atoms with Crippen LogP contribution in [0.25, 0.3) is 11.1 Å². The Balaban J connectivity index is 1.19. The number of nitrogens with one attached hydrogen (secondary N) is 1. The van der Waals surface area contributed by atoms with Gasteiger partial charge in [-0.15, -0.1) is 0 Å². The summed E-state index contributed by atoms with van der Waals surface area (Å²) in [6.07, 6.45) is 9.54. The van der Waals surface area contributed by atoms with Crippen LogP contribution in [0.2, 0.25) is 0 Å². The van der Waals surface area contributed by atoms with E-state index in [9.17, 15) is 9.59 Å². The summed E-state index contributed by atoms with van der Waals surface area (Å²) in [6.45, 7) is 3.08. The fourth-order valence-corrected chi connectivity index (χ4v) is 7.64. The van der Waals surface area contributed by atoms with Gasteiger partial charge in [0.25, 0.3) is 5.56 Å². The van der Waals surface area contributed by atoms with E-state index < -0.39 is 0 Å². The molecule has 6 nitrogen and oxygen atoms in total. The van der Waals surface area contributed by atoms with Gasteiger partial charge in [0.1, 0.15) is 0 Å². The van der Waals surface area contributed by atoms with E-state index in [-0.39, 0.29) is 23.0 Å². The first kappa shape index (κ1) is 26.8. The number of rotatable bonds is 5. The van der Waals surface area contributed by atoms with Crippen LogP contribution in [0.5, 0.6) is 0 Å². The van der Waals surface area contributed by atoms with Crippen molar-refractivity contribution in [2.24, 2.45) is 11.3 Å². The highest BCUT2D eigenvalue weighted by Crippen LogP contribution is 2.49. The molecule has 1 aliphatic carbocycles. The molecule has 1 aromatic heterocycles. The van der Waals surface area contributed by atoms with Crippen LogP contribution < -0.4 is 10.9 Å². The second-order valence-corrected chi connectivity index (χ2v) is 12.2. The second kappa shape index (κ2) is 11.6. The molecule has 1 unspecified atom stereocenters. The lowest BCUT2D eigenvalue weighted by Gasteiger charge is -2.49. The molecule has 1 N–H and O–H groups in total. The monoisotopic (exact) mass is 538 g/mol. The number of pyridine rings is 1. The lowest BCUT2D eigenvalue weighted by molar-refractivity contribution is 0.0209. The molecule has 1 spiro atoms. The van der Waals surface area contributed by atoms with Crippen LogP contribution in [0.15, 0.2) is 83.8 Å². The van der Waals surface area contributed by atoms with E-state index in [4.69, 9.17) is 0 Å². The number of carbonyl (C=O) groups excluding carboxylic acids is 1. The molecule has 3 fully saturated rings. The highest BCUT2D eigenvalue weighted by molar-refractivity contribution is 5.75. The molecule has 2 aromatic carbocycles. The molecule has 6 rings (SSSR count). The van der Waals surface area contributed by atoms with Crippen LogP contribution in [-0.2, 0) is 6.54 Å². The number of aromatic nitrogens is 1. The van der Waals surface area contributed by atoms with Crippen LogP contribution in [0.3, 0.4) is 0 Å². The molecule has 6 heteroatoms. The Labute approximate surface area is 238 Å². The smallest absolute Gasteiger partial charge is 0.320 e. The summed E-state index contributed by atoms with van der Waals surface area (Å²) in [5.74, 6) is 0.402. The van der Waals surface area contributed by atoms with Crippen molar-refractivity contribution in [1.29, 1.82) is 0 Å². The van der Waals surface area contributed by atoms with Crippen molar-refractivity contribution in [2.45, 2.75) is 63.6 Å². The predicted molar refractivity (Wildman–Crippen MR) is 160 cm³/mol. The standard InChI is InChI=1S/C34H42N4O2/c1-35-30-16-21-38(31(23-30)27-12-6-3-7-13-27)33(40)37-20-15-29(34(25-37)17-8-9-18-34)24-36-19-14-28(22-32(36)39)26-10-4-2-5-11-26/h2-7,10-14,19,22,29-31,35H,8-9,15-18,20-21,23-25H2,1H3/t29?,30-,31+/m1/s1. The molecule has 2 aliphatic heterocycles.